The van der Waals surface area contributed by atoms with E-state index in [-0.39, 0.29) is 5.69 Å². The maximum absolute atomic E-state index is 11.7. The predicted molar refractivity (Wildman–Crippen MR) is 54.5 cm³/mol. The fourth-order valence-electron chi connectivity index (χ4n) is 1.43. The van der Waals surface area contributed by atoms with Crippen LogP contribution < -0.4 is 5.69 Å². The average Bonchev–Trinajstić information content (AvgIpc) is 2.77. The summed E-state index contributed by atoms with van der Waals surface area (Å²) in [6, 6.07) is 0. The van der Waals surface area contributed by atoms with Gasteiger partial charge >= 0.3 is 5.69 Å². The molecule has 0 radical (unpaired) electrons. The van der Waals surface area contributed by atoms with Crippen LogP contribution in [0.15, 0.2) is 23.5 Å². The lowest BCUT2D eigenvalue weighted by atomic mass is 10.6. The Kier molecular flexibility index (Phi) is 2.40. The molecule has 0 aliphatic heterocycles. The summed E-state index contributed by atoms with van der Waals surface area (Å²) in [6.45, 7) is 3.08. The normalized spacial score (nSPS) is 10.8. The molecule has 0 atom stereocenters. The molecule has 15 heavy (non-hydrogen) atoms. The average molecular weight is 207 g/mol. The number of hydrogen-bond acceptors (Lipinski definition) is 3. The summed E-state index contributed by atoms with van der Waals surface area (Å²) >= 11 is 0. The third-order valence-corrected chi connectivity index (χ3v) is 2.38. The van der Waals surface area contributed by atoms with Crippen molar-refractivity contribution in [2.45, 2.75) is 20.0 Å². The van der Waals surface area contributed by atoms with Gasteiger partial charge in [0.25, 0.3) is 0 Å². The standard InChI is InChI=1S/C9H13N5O/c1-3-13-4-5-14(9(13)15)6-8-10-7-11-12(8)2/h4-5,7H,3,6H2,1-2H3. The first-order chi connectivity index (χ1) is 7.22. The molecule has 0 amide bonds. The number of rotatable bonds is 3. The Labute approximate surface area is 86.8 Å². The van der Waals surface area contributed by atoms with Crippen LogP contribution in [-0.4, -0.2) is 23.9 Å². The van der Waals surface area contributed by atoms with Crippen LogP contribution in [0.3, 0.4) is 0 Å². The Balaban J connectivity index is 2.29. The molecule has 0 spiro atoms. The van der Waals surface area contributed by atoms with Gasteiger partial charge in [-0.05, 0) is 6.92 Å². The molecule has 2 aromatic rings. The van der Waals surface area contributed by atoms with Crippen LogP contribution in [0.5, 0.6) is 0 Å². The van der Waals surface area contributed by atoms with Crippen molar-refractivity contribution in [1.82, 2.24) is 23.9 Å². The zero-order valence-corrected chi connectivity index (χ0v) is 8.79. The van der Waals surface area contributed by atoms with Crippen molar-refractivity contribution in [3.05, 3.63) is 35.0 Å². The molecule has 2 aromatic heterocycles. The molecule has 2 heterocycles. The highest BCUT2D eigenvalue weighted by Gasteiger charge is 2.05. The lowest BCUT2D eigenvalue weighted by Crippen LogP contribution is -2.24. The molecule has 6 heteroatoms. The van der Waals surface area contributed by atoms with Gasteiger partial charge in [0.2, 0.25) is 0 Å². The predicted octanol–water partition coefficient (Wildman–Crippen LogP) is -0.154. The van der Waals surface area contributed by atoms with E-state index in [1.807, 2.05) is 14.0 Å². The van der Waals surface area contributed by atoms with Crippen LogP contribution in [0.25, 0.3) is 0 Å². The lowest BCUT2D eigenvalue weighted by Gasteiger charge is -2.00. The molecule has 0 unspecified atom stereocenters. The number of imidazole rings is 1. The molecule has 80 valence electrons. The minimum absolute atomic E-state index is 0.0134. The van der Waals surface area contributed by atoms with Gasteiger partial charge < -0.3 is 0 Å². The zero-order chi connectivity index (χ0) is 10.8. The summed E-state index contributed by atoms with van der Waals surface area (Å²) in [5.41, 5.74) is -0.0134. The van der Waals surface area contributed by atoms with Crippen molar-refractivity contribution in [2.75, 3.05) is 0 Å². The molecule has 0 saturated heterocycles. The van der Waals surface area contributed by atoms with Crippen molar-refractivity contribution in [3.8, 4) is 0 Å². The fourth-order valence-corrected chi connectivity index (χ4v) is 1.43. The van der Waals surface area contributed by atoms with E-state index >= 15 is 0 Å². The summed E-state index contributed by atoms with van der Waals surface area (Å²) in [4.78, 5) is 15.8. The minimum Gasteiger partial charge on any atom is -0.300 e. The van der Waals surface area contributed by atoms with E-state index in [1.165, 1.54) is 6.33 Å². The summed E-state index contributed by atoms with van der Waals surface area (Å²) in [5, 5.41) is 3.95. The number of nitrogens with zero attached hydrogens (tertiary/aromatic N) is 5. The Morgan fingerprint density at radius 1 is 1.33 bits per heavy atom. The van der Waals surface area contributed by atoms with Crippen LogP contribution in [0.1, 0.15) is 12.7 Å². The second kappa shape index (κ2) is 3.72. The molecular weight excluding hydrogens is 194 g/mol. The van der Waals surface area contributed by atoms with E-state index < -0.39 is 0 Å². The van der Waals surface area contributed by atoms with Gasteiger partial charge in [-0.3, -0.25) is 13.8 Å². The highest BCUT2D eigenvalue weighted by Crippen LogP contribution is 1.94. The maximum atomic E-state index is 11.7. The zero-order valence-electron chi connectivity index (χ0n) is 8.79. The lowest BCUT2D eigenvalue weighted by molar-refractivity contribution is 0.618. The highest BCUT2D eigenvalue weighted by atomic mass is 16.1. The molecule has 2 rings (SSSR count). The number of aryl methyl sites for hydroxylation is 2. The summed E-state index contributed by atoms with van der Waals surface area (Å²) in [5.74, 6) is 0.769. The first kappa shape index (κ1) is 9.70. The Bertz CT molecular complexity index is 507. The fraction of sp³-hybridized carbons (Fsp3) is 0.444. The molecule has 0 bridgehead atoms. The highest BCUT2D eigenvalue weighted by molar-refractivity contribution is 4.89. The summed E-state index contributed by atoms with van der Waals surface area (Å²) in [6.07, 6.45) is 5.02. The second-order valence-corrected chi connectivity index (χ2v) is 3.29. The minimum atomic E-state index is -0.0134. The smallest absolute Gasteiger partial charge is 0.300 e. The van der Waals surface area contributed by atoms with Gasteiger partial charge in [-0.1, -0.05) is 0 Å². The molecule has 0 fully saturated rings. The van der Waals surface area contributed by atoms with Gasteiger partial charge in [-0.2, -0.15) is 5.10 Å². The monoisotopic (exact) mass is 207 g/mol. The largest absolute Gasteiger partial charge is 0.328 e. The number of aromatic nitrogens is 5. The molecule has 0 N–H and O–H groups in total. The van der Waals surface area contributed by atoms with E-state index in [0.29, 0.717) is 13.1 Å². The third-order valence-electron chi connectivity index (χ3n) is 2.38. The molecule has 6 nitrogen and oxygen atoms in total. The van der Waals surface area contributed by atoms with Gasteiger partial charge in [0.1, 0.15) is 12.2 Å². The van der Waals surface area contributed by atoms with Crippen molar-refractivity contribution in [1.29, 1.82) is 0 Å². The molecule has 0 aromatic carbocycles. The Hall–Kier alpha value is -1.85. The first-order valence-corrected chi connectivity index (χ1v) is 4.81. The first-order valence-electron chi connectivity index (χ1n) is 4.81. The molecule has 0 aliphatic rings. The summed E-state index contributed by atoms with van der Waals surface area (Å²) in [7, 11) is 1.81. The van der Waals surface area contributed by atoms with E-state index in [1.54, 1.807) is 26.2 Å². The quantitative estimate of drug-likeness (QED) is 0.703. The van der Waals surface area contributed by atoms with Crippen molar-refractivity contribution in [3.63, 3.8) is 0 Å². The van der Waals surface area contributed by atoms with Crippen LogP contribution >= 0.6 is 0 Å². The van der Waals surface area contributed by atoms with Crippen molar-refractivity contribution >= 4 is 0 Å². The van der Waals surface area contributed by atoms with Crippen molar-refractivity contribution in [2.24, 2.45) is 7.05 Å². The molecular formula is C9H13N5O. The SMILES string of the molecule is CCn1ccn(Cc2ncnn2C)c1=O. The maximum Gasteiger partial charge on any atom is 0.328 e. The van der Waals surface area contributed by atoms with E-state index in [0.717, 1.165) is 5.82 Å². The van der Waals surface area contributed by atoms with Gasteiger partial charge in [0, 0.05) is 26.0 Å². The van der Waals surface area contributed by atoms with Crippen molar-refractivity contribution < 1.29 is 0 Å². The molecule has 0 saturated carbocycles. The Morgan fingerprint density at radius 2 is 2.07 bits per heavy atom. The van der Waals surface area contributed by atoms with Crippen LogP contribution in [0.4, 0.5) is 0 Å². The van der Waals surface area contributed by atoms with Crippen LogP contribution in [-0.2, 0) is 20.1 Å². The molecule has 0 aliphatic carbocycles. The topological polar surface area (TPSA) is 57.6 Å². The van der Waals surface area contributed by atoms with Gasteiger partial charge in [-0.25, -0.2) is 9.78 Å². The van der Waals surface area contributed by atoms with Gasteiger partial charge in [0.05, 0.1) is 6.54 Å². The van der Waals surface area contributed by atoms with Gasteiger partial charge in [-0.15, -0.1) is 0 Å². The van der Waals surface area contributed by atoms with E-state index in [9.17, 15) is 4.79 Å². The summed E-state index contributed by atoms with van der Waals surface area (Å²) < 4.78 is 4.93. The number of hydrogen-bond donors (Lipinski definition) is 0. The van der Waals surface area contributed by atoms with Crippen LogP contribution in [0.2, 0.25) is 0 Å². The van der Waals surface area contributed by atoms with Gasteiger partial charge in [0.15, 0.2) is 0 Å². The van der Waals surface area contributed by atoms with E-state index in [4.69, 9.17) is 0 Å². The third kappa shape index (κ3) is 1.70. The van der Waals surface area contributed by atoms with Crippen LogP contribution in [0, 0.1) is 0 Å². The van der Waals surface area contributed by atoms with E-state index in [2.05, 4.69) is 10.1 Å². The Morgan fingerprint density at radius 3 is 2.60 bits per heavy atom. The second-order valence-electron chi connectivity index (χ2n) is 3.29.